The fourth-order valence-corrected chi connectivity index (χ4v) is 3.44. The SMILES string of the molecule is Cc1ccc(N2CCO[C@H]3CN(Cc4ccccn4)C[C@H]32)nn1.O=C(O)C(F)(F)F.O=C(O)C(F)(F)F.O=C(O)C(F)(F)F. The van der Waals surface area contributed by atoms with Crippen molar-refractivity contribution in [1.29, 1.82) is 0 Å². The Labute approximate surface area is 241 Å². The Bertz CT molecular complexity index is 1160. The van der Waals surface area contributed by atoms with Crippen LogP contribution in [0.25, 0.3) is 0 Å². The molecular weight excluding hydrogens is 629 g/mol. The summed E-state index contributed by atoms with van der Waals surface area (Å²) in [5.41, 5.74) is 2.05. The molecule has 2 atom stereocenters. The average Bonchev–Trinajstić information content (AvgIpc) is 3.32. The number of pyridine rings is 1. The Hall–Kier alpha value is -4.27. The molecule has 2 aliphatic rings. The van der Waals surface area contributed by atoms with Crippen LogP contribution in [-0.4, -0.2) is 110 Å². The molecule has 0 amide bonds. The summed E-state index contributed by atoms with van der Waals surface area (Å²) in [7, 11) is 0. The van der Waals surface area contributed by atoms with Gasteiger partial charge in [-0.15, -0.1) is 5.10 Å². The van der Waals surface area contributed by atoms with Crippen molar-refractivity contribution >= 4 is 23.7 Å². The van der Waals surface area contributed by atoms with E-state index in [0.29, 0.717) is 6.04 Å². The Morgan fingerprint density at radius 1 is 0.841 bits per heavy atom. The first-order chi connectivity index (χ1) is 20.1. The molecule has 4 heterocycles. The van der Waals surface area contributed by atoms with Gasteiger partial charge in [0, 0.05) is 32.4 Å². The molecule has 2 aromatic heterocycles. The molecule has 0 unspecified atom stereocenters. The van der Waals surface area contributed by atoms with Crippen LogP contribution in [-0.2, 0) is 25.7 Å². The fourth-order valence-electron chi connectivity index (χ4n) is 3.44. The third kappa shape index (κ3) is 13.4. The molecule has 0 spiro atoms. The number of halogens is 9. The fraction of sp³-hybridized carbons (Fsp3) is 0.478. The van der Waals surface area contributed by atoms with Gasteiger partial charge in [-0.05, 0) is 31.2 Å². The van der Waals surface area contributed by atoms with E-state index in [1.807, 2.05) is 31.3 Å². The van der Waals surface area contributed by atoms with E-state index in [1.165, 1.54) is 0 Å². The van der Waals surface area contributed by atoms with Gasteiger partial charge in [0.2, 0.25) is 0 Å². The second-order valence-electron chi connectivity index (χ2n) is 8.63. The van der Waals surface area contributed by atoms with Gasteiger partial charge >= 0.3 is 36.4 Å². The Morgan fingerprint density at radius 2 is 1.36 bits per heavy atom. The van der Waals surface area contributed by atoms with Gasteiger partial charge in [0.05, 0.1) is 30.1 Å². The number of carboxylic acids is 3. The van der Waals surface area contributed by atoms with Gasteiger partial charge in [0.25, 0.3) is 0 Å². The molecule has 3 N–H and O–H groups in total. The largest absolute Gasteiger partial charge is 0.490 e. The van der Waals surface area contributed by atoms with Crippen LogP contribution in [0.4, 0.5) is 45.3 Å². The molecule has 0 saturated carbocycles. The maximum absolute atomic E-state index is 10.6. The minimum Gasteiger partial charge on any atom is -0.475 e. The first-order valence-corrected chi connectivity index (χ1v) is 11.8. The van der Waals surface area contributed by atoms with Gasteiger partial charge < -0.3 is 25.0 Å². The van der Waals surface area contributed by atoms with Crippen LogP contribution in [0.1, 0.15) is 11.4 Å². The highest BCUT2D eigenvalue weighted by molar-refractivity contribution is 5.73. The van der Waals surface area contributed by atoms with Crippen molar-refractivity contribution in [2.45, 2.75) is 44.1 Å². The molecule has 0 radical (unpaired) electrons. The van der Waals surface area contributed by atoms with E-state index in [9.17, 15) is 39.5 Å². The molecule has 21 heteroatoms. The zero-order chi connectivity index (χ0) is 33.9. The summed E-state index contributed by atoms with van der Waals surface area (Å²) in [6.07, 6.45) is -13.2. The third-order valence-corrected chi connectivity index (χ3v) is 5.29. The van der Waals surface area contributed by atoms with Crippen molar-refractivity contribution in [3.63, 3.8) is 0 Å². The molecule has 2 aromatic rings. The van der Waals surface area contributed by atoms with Crippen LogP contribution < -0.4 is 4.90 Å². The number of ether oxygens (including phenoxy) is 1. The lowest BCUT2D eigenvalue weighted by molar-refractivity contribution is -0.193. The number of hydrogen-bond acceptors (Lipinski definition) is 9. The van der Waals surface area contributed by atoms with E-state index in [-0.39, 0.29) is 6.10 Å². The summed E-state index contributed by atoms with van der Waals surface area (Å²) in [5, 5.41) is 29.9. The highest BCUT2D eigenvalue weighted by atomic mass is 19.4. The molecule has 12 nitrogen and oxygen atoms in total. The highest BCUT2D eigenvalue weighted by Crippen LogP contribution is 2.27. The molecule has 44 heavy (non-hydrogen) atoms. The van der Waals surface area contributed by atoms with Crippen molar-refractivity contribution in [2.24, 2.45) is 0 Å². The minimum atomic E-state index is -5.08. The number of rotatable bonds is 3. The number of likely N-dealkylation sites (tertiary alicyclic amines) is 1. The van der Waals surface area contributed by atoms with Gasteiger partial charge in [-0.3, -0.25) is 9.88 Å². The first-order valence-electron chi connectivity index (χ1n) is 11.8. The number of morpholine rings is 1. The van der Waals surface area contributed by atoms with E-state index in [1.54, 1.807) is 0 Å². The number of hydrogen-bond donors (Lipinski definition) is 3. The lowest BCUT2D eigenvalue weighted by Crippen LogP contribution is -2.51. The molecule has 246 valence electrons. The third-order valence-electron chi connectivity index (χ3n) is 5.29. The van der Waals surface area contributed by atoms with E-state index in [4.69, 9.17) is 34.4 Å². The zero-order valence-corrected chi connectivity index (χ0v) is 22.3. The summed E-state index contributed by atoms with van der Waals surface area (Å²) < 4.78 is 101. The van der Waals surface area contributed by atoms with Crippen LogP contribution in [0, 0.1) is 6.92 Å². The number of alkyl halides is 9. The van der Waals surface area contributed by atoms with E-state index < -0.39 is 36.4 Å². The zero-order valence-electron chi connectivity index (χ0n) is 22.3. The van der Waals surface area contributed by atoms with Gasteiger partial charge in [-0.1, -0.05) is 6.07 Å². The van der Waals surface area contributed by atoms with Crippen molar-refractivity contribution in [3.05, 3.63) is 47.9 Å². The quantitative estimate of drug-likeness (QED) is 0.415. The number of aliphatic carboxylic acids is 3. The van der Waals surface area contributed by atoms with Gasteiger partial charge in [-0.2, -0.15) is 44.6 Å². The van der Waals surface area contributed by atoms with Crippen LogP contribution in [0.2, 0.25) is 0 Å². The molecule has 4 rings (SSSR count). The standard InChI is InChI=1S/C17H21N5O.3C2HF3O2/c1-13-5-6-17(20-19-13)22-8-9-23-16-12-21(11-15(16)22)10-14-4-2-3-7-18-14;3*3-2(4,5)1(6)7/h2-7,15-16H,8-12H2,1H3;3*(H,6,7)/t15-,16+;;;/m1.../s1. The van der Waals surface area contributed by atoms with Crippen LogP contribution in [0.5, 0.6) is 0 Å². The monoisotopic (exact) mass is 653 g/mol. The summed E-state index contributed by atoms with van der Waals surface area (Å²) >= 11 is 0. The van der Waals surface area contributed by atoms with Crippen LogP contribution in [0.15, 0.2) is 36.5 Å². The average molecular weight is 653 g/mol. The number of fused-ring (bicyclic) bond motifs is 1. The number of nitrogens with zero attached hydrogens (tertiary/aromatic N) is 5. The Balaban J connectivity index is 0.000000379. The van der Waals surface area contributed by atoms with Gasteiger partial charge in [0.1, 0.15) is 0 Å². The van der Waals surface area contributed by atoms with E-state index >= 15 is 0 Å². The van der Waals surface area contributed by atoms with Crippen molar-refractivity contribution in [3.8, 4) is 0 Å². The molecule has 2 fully saturated rings. The molecular formula is C23H24F9N5O7. The maximum atomic E-state index is 10.6. The molecule has 2 saturated heterocycles. The second-order valence-corrected chi connectivity index (χ2v) is 8.63. The number of aryl methyl sites for hydroxylation is 1. The van der Waals surface area contributed by atoms with Gasteiger partial charge in [0.15, 0.2) is 5.82 Å². The second kappa shape index (κ2) is 16.0. The molecule has 0 aliphatic carbocycles. The first kappa shape index (κ1) is 37.8. The van der Waals surface area contributed by atoms with Crippen LogP contribution in [0.3, 0.4) is 0 Å². The molecule has 2 aliphatic heterocycles. The maximum Gasteiger partial charge on any atom is 0.490 e. The number of carboxylic acid groups (broad SMARTS) is 3. The predicted octanol–water partition coefficient (Wildman–Crippen LogP) is 3.17. The van der Waals surface area contributed by atoms with Crippen molar-refractivity contribution in [2.75, 3.05) is 31.1 Å². The van der Waals surface area contributed by atoms with E-state index in [0.717, 1.165) is 50.0 Å². The molecule has 0 aromatic carbocycles. The van der Waals surface area contributed by atoms with Crippen molar-refractivity contribution < 1.29 is 74.0 Å². The Kier molecular flexibility index (Phi) is 13.7. The lowest BCUT2D eigenvalue weighted by Gasteiger charge is -2.37. The smallest absolute Gasteiger partial charge is 0.475 e. The summed E-state index contributed by atoms with van der Waals surface area (Å²) in [4.78, 5) is 35.9. The Morgan fingerprint density at radius 3 is 1.77 bits per heavy atom. The number of carbonyl (C=O) groups is 3. The highest BCUT2D eigenvalue weighted by Gasteiger charge is 2.41. The predicted molar refractivity (Wildman–Crippen MR) is 128 cm³/mol. The number of anilines is 1. The topological polar surface area (TPSA) is 166 Å². The summed E-state index contributed by atoms with van der Waals surface area (Å²) in [6, 6.07) is 10.5. The van der Waals surface area contributed by atoms with E-state index in [2.05, 4.69) is 37.1 Å². The normalized spacial score (nSPS) is 18.3. The van der Waals surface area contributed by atoms with Crippen LogP contribution >= 0.6 is 0 Å². The van der Waals surface area contributed by atoms with Crippen molar-refractivity contribution in [1.82, 2.24) is 20.1 Å². The minimum absolute atomic E-state index is 0.232. The lowest BCUT2D eigenvalue weighted by atomic mass is 10.1. The number of aromatic nitrogens is 3. The molecule has 0 bridgehead atoms. The summed E-state index contributed by atoms with van der Waals surface area (Å²) in [5.74, 6) is -7.32. The summed E-state index contributed by atoms with van der Waals surface area (Å²) in [6.45, 7) is 6.35. The van der Waals surface area contributed by atoms with Gasteiger partial charge in [-0.25, -0.2) is 14.4 Å².